The lowest BCUT2D eigenvalue weighted by Gasteiger charge is -2.24. The largest absolute Gasteiger partial charge is 0.338 e. The van der Waals surface area contributed by atoms with Crippen LogP contribution in [0.5, 0.6) is 0 Å². The molecule has 6 heteroatoms. The maximum Gasteiger partial charge on any atom is 0.255 e. The molecule has 2 aliphatic rings. The summed E-state index contributed by atoms with van der Waals surface area (Å²) >= 11 is 0. The van der Waals surface area contributed by atoms with E-state index in [1.807, 2.05) is 11.0 Å². The summed E-state index contributed by atoms with van der Waals surface area (Å²) in [6, 6.07) is 12.7. The number of carbonyl (C=O) groups excluding carboxylic acids is 2. The van der Waals surface area contributed by atoms with Crippen LogP contribution in [0.25, 0.3) is 0 Å². The third-order valence-electron chi connectivity index (χ3n) is 5.24. The van der Waals surface area contributed by atoms with E-state index in [0.29, 0.717) is 37.2 Å². The molecule has 1 aromatic carbocycles. The SMILES string of the molecule is N#Cc1cccc(N2C[C@@]3(CCN(C(=O)c4cccnc4)C3)CC2=O)c1. The van der Waals surface area contributed by atoms with Crippen molar-refractivity contribution in [2.45, 2.75) is 12.8 Å². The third-order valence-corrected chi connectivity index (χ3v) is 5.24. The van der Waals surface area contributed by atoms with Crippen LogP contribution in [0.15, 0.2) is 48.8 Å². The first kappa shape index (κ1) is 16.3. The van der Waals surface area contributed by atoms with Crippen molar-refractivity contribution in [2.24, 2.45) is 5.41 Å². The molecule has 6 nitrogen and oxygen atoms in total. The lowest BCUT2D eigenvalue weighted by Crippen LogP contribution is -2.34. The zero-order valence-electron chi connectivity index (χ0n) is 14.3. The maximum absolute atomic E-state index is 12.7. The molecule has 0 bridgehead atoms. The van der Waals surface area contributed by atoms with Gasteiger partial charge in [0.2, 0.25) is 5.91 Å². The highest BCUT2D eigenvalue weighted by Gasteiger charge is 2.48. The quantitative estimate of drug-likeness (QED) is 0.835. The van der Waals surface area contributed by atoms with Gasteiger partial charge in [-0.15, -0.1) is 0 Å². The summed E-state index contributed by atoms with van der Waals surface area (Å²) in [4.78, 5) is 32.8. The monoisotopic (exact) mass is 346 g/mol. The average Bonchev–Trinajstić information content (AvgIpc) is 3.24. The van der Waals surface area contributed by atoms with Crippen molar-refractivity contribution in [1.29, 1.82) is 5.26 Å². The highest BCUT2D eigenvalue weighted by Crippen LogP contribution is 2.42. The Bertz CT molecular complexity index is 906. The Morgan fingerprint density at radius 2 is 2.12 bits per heavy atom. The summed E-state index contributed by atoms with van der Waals surface area (Å²) in [5, 5.41) is 9.08. The smallest absolute Gasteiger partial charge is 0.255 e. The number of hydrogen-bond donors (Lipinski definition) is 0. The van der Waals surface area contributed by atoms with Gasteiger partial charge in [0.1, 0.15) is 0 Å². The topological polar surface area (TPSA) is 77.3 Å². The average molecular weight is 346 g/mol. The van der Waals surface area contributed by atoms with Crippen molar-refractivity contribution >= 4 is 17.5 Å². The molecule has 2 aromatic rings. The molecule has 130 valence electrons. The van der Waals surface area contributed by atoms with Gasteiger partial charge >= 0.3 is 0 Å². The van der Waals surface area contributed by atoms with Crippen LogP contribution in [0.4, 0.5) is 5.69 Å². The van der Waals surface area contributed by atoms with E-state index < -0.39 is 0 Å². The number of rotatable bonds is 2. The van der Waals surface area contributed by atoms with E-state index in [9.17, 15) is 9.59 Å². The van der Waals surface area contributed by atoms with Gasteiger partial charge in [-0.1, -0.05) is 6.07 Å². The van der Waals surface area contributed by atoms with Gasteiger partial charge in [-0.2, -0.15) is 5.26 Å². The first-order valence-electron chi connectivity index (χ1n) is 8.60. The van der Waals surface area contributed by atoms with Crippen molar-refractivity contribution in [3.05, 3.63) is 59.9 Å². The molecule has 26 heavy (non-hydrogen) atoms. The van der Waals surface area contributed by atoms with Gasteiger partial charge < -0.3 is 9.80 Å². The first-order chi connectivity index (χ1) is 12.6. The van der Waals surface area contributed by atoms with Crippen molar-refractivity contribution in [3.63, 3.8) is 0 Å². The summed E-state index contributed by atoms with van der Waals surface area (Å²) in [6.07, 6.45) is 4.46. The molecule has 0 saturated carbocycles. The molecule has 0 radical (unpaired) electrons. The summed E-state index contributed by atoms with van der Waals surface area (Å²) in [6.45, 7) is 1.80. The van der Waals surface area contributed by atoms with E-state index >= 15 is 0 Å². The van der Waals surface area contributed by atoms with Crippen LogP contribution in [0, 0.1) is 16.7 Å². The molecule has 1 aromatic heterocycles. The van der Waals surface area contributed by atoms with Gasteiger partial charge in [-0.3, -0.25) is 14.6 Å². The zero-order chi connectivity index (χ0) is 18.1. The standard InChI is InChI=1S/C20H18N4O2/c21-11-15-3-1-5-17(9-15)24-14-20(10-18(24)25)6-8-23(13-20)19(26)16-4-2-7-22-12-16/h1-5,7,9,12H,6,8,10,13-14H2/t20-/m0/s1. The molecule has 0 aliphatic carbocycles. The van der Waals surface area contributed by atoms with Gasteiger partial charge in [-0.25, -0.2) is 0 Å². The summed E-state index contributed by atoms with van der Waals surface area (Å²) in [5.41, 5.74) is 1.66. The molecule has 1 spiro atoms. The Morgan fingerprint density at radius 3 is 2.88 bits per heavy atom. The Balaban J connectivity index is 1.52. The summed E-state index contributed by atoms with van der Waals surface area (Å²) in [7, 11) is 0. The molecule has 2 fully saturated rings. The van der Waals surface area contributed by atoms with Crippen LogP contribution in [-0.4, -0.2) is 41.3 Å². The molecule has 2 amide bonds. The lowest BCUT2D eigenvalue weighted by molar-refractivity contribution is -0.117. The van der Waals surface area contributed by atoms with Crippen molar-refractivity contribution in [2.75, 3.05) is 24.5 Å². The molecule has 0 N–H and O–H groups in total. The highest BCUT2D eigenvalue weighted by atomic mass is 16.2. The van der Waals surface area contributed by atoms with Crippen molar-refractivity contribution < 1.29 is 9.59 Å². The number of benzene rings is 1. The number of likely N-dealkylation sites (tertiary alicyclic amines) is 1. The minimum absolute atomic E-state index is 0.0349. The second-order valence-corrected chi connectivity index (χ2v) is 7.04. The Kier molecular flexibility index (Phi) is 3.92. The number of pyridine rings is 1. The van der Waals surface area contributed by atoms with Crippen molar-refractivity contribution in [1.82, 2.24) is 9.88 Å². The van der Waals surface area contributed by atoms with Crippen LogP contribution < -0.4 is 4.90 Å². The molecule has 4 rings (SSSR count). The van der Waals surface area contributed by atoms with Gasteiger partial charge in [0.15, 0.2) is 0 Å². The predicted molar refractivity (Wildman–Crippen MR) is 95.3 cm³/mol. The van der Waals surface area contributed by atoms with Crippen LogP contribution in [0.3, 0.4) is 0 Å². The van der Waals surface area contributed by atoms with E-state index in [-0.39, 0.29) is 17.2 Å². The molecule has 0 unspecified atom stereocenters. The Morgan fingerprint density at radius 1 is 1.23 bits per heavy atom. The maximum atomic E-state index is 12.7. The summed E-state index contributed by atoms with van der Waals surface area (Å²) in [5.74, 6) is 0.0168. The molecule has 2 aliphatic heterocycles. The van der Waals surface area contributed by atoms with E-state index in [1.54, 1.807) is 47.6 Å². The second kappa shape index (κ2) is 6.26. The molecular formula is C20H18N4O2. The zero-order valence-corrected chi connectivity index (χ0v) is 14.3. The van der Waals surface area contributed by atoms with Crippen LogP contribution >= 0.6 is 0 Å². The van der Waals surface area contributed by atoms with E-state index in [0.717, 1.165) is 12.1 Å². The first-order valence-corrected chi connectivity index (χ1v) is 8.60. The fourth-order valence-corrected chi connectivity index (χ4v) is 3.93. The van der Waals surface area contributed by atoms with Gasteiger partial charge in [-0.05, 0) is 36.8 Å². The fraction of sp³-hybridized carbons (Fsp3) is 0.300. The van der Waals surface area contributed by atoms with Gasteiger partial charge in [0.25, 0.3) is 5.91 Å². The molecule has 2 saturated heterocycles. The number of aromatic nitrogens is 1. The third kappa shape index (κ3) is 2.82. The van der Waals surface area contributed by atoms with Crippen LogP contribution in [0.1, 0.15) is 28.8 Å². The van der Waals surface area contributed by atoms with E-state index in [1.165, 1.54) is 0 Å². The minimum atomic E-state index is -0.211. The van der Waals surface area contributed by atoms with Gasteiger partial charge in [0.05, 0.1) is 17.2 Å². The number of amides is 2. The fourth-order valence-electron chi connectivity index (χ4n) is 3.93. The van der Waals surface area contributed by atoms with Crippen molar-refractivity contribution in [3.8, 4) is 6.07 Å². The minimum Gasteiger partial charge on any atom is -0.338 e. The van der Waals surface area contributed by atoms with Gasteiger partial charge in [0, 0.05) is 49.6 Å². The lowest BCUT2D eigenvalue weighted by atomic mass is 9.86. The molecular weight excluding hydrogens is 328 g/mol. The summed E-state index contributed by atoms with van der Waals surface area (Å²) < 4.78 is 0. The second-order valence-electron chi connectivity index (χ2n) is 7.04. The van der Waals surface area contributed by atoms with E-state index in [2.05, 4.69) is 11.1 Å². The Hall–Kier alpha value is -3.20. The predicted octanol–water partition coefficient (Wildman–Crippen LogP) is 2.22. The van der Waals surface area contributed by atoms with E-state index in [4.69, 9.17) is 5.26 Å². The number of hydrogen-bond acceptors (Lipinski definition) is 4. The molecule has 1 atom stereocenters. The normalized spacial score (nSPS) is 22.0. The van der Waals surface area contributed by atoms with Crippen LogP contribution in [-0.2, 0) is 4.79 Å². The van der Waals surface area contributed by atoms with Crippen LogP contribution in [0.2, 0.25) is 0 Å². The highest BCUT2D eigenvalue weighted by molar-refractivity contribution is 5.97. The number of carbonyl (C=O) groups is 2. The number of nitrogens with zero attached hydrogens (tertiary/aromatic N) is 4. The number of nitriles is 1. The Labute approximate surface area is 151 Å². The number of anilines is 1. The molecule has 3 heterocycles.